The Morgan fingerprint density at radius 1 is 1.06 bits per heavy atom. The van der Waals surface area contributed by atoms with Crippen LogP contribution in [0.15, 0.2) is 53.7 Å². The first-order chi connectivity index (χ1) is 15.7. The smallest absolute Gasteiger partial charge is 0.191 e. The Kier molecular flexibility index (Phi) is 8.24. The molecule has 0 fully saturated rings. The summed E-state index contributed by atoms with van der Waals surface area (Å²) in [5.74, 6) is 3.77. The Morgan fingerprint density at radius 2 is 1.91 bits per heavy atom. The fourth-order valence-electron chi connectivity index (χ4n) is 4.46. The van der Waals surface area contributed by atoms with E-state index in [0.29, 0.717) is 0 Å². The summed E-state index contributed by atoms with van der Waals surface area (Å²) in [6.45, 7) is 2.16. The van der Waals surface area contributed by atoms with Crippen LogP contribution in [0.2, 0.25) is 0 Å². The van der Waals surface area contributed by atoms with Gasteiger partial charge in [0.2, 0.25) is 0 Å². The Hall–Kier alpha value is -2.31. The zero-order valence-corrected chi connectivity index (χ0v) is 20.0. The standard InChI is InChI=1S/C26H34N4OS/c1-30-25(22-9-4-3-5-10-22)28-29-26(30)32-17-7-16-27-15-6-8-20-11-12-21-13-14-24(31-2)19-23(21)18-20/h3-5,9-10,13-14,19-20,27H,6-8,11-12,15-18H2,1-2H3. The predicted molar refractivity (Wildman–Crippen MR) is 132 cm³/mol. The zero-order chi connectivity index (χ0) is 22.2. The number of aryl methyl sites for hydroxylation is 1. The first kappa shape index (κ1) is 22.9. The Balaban J connectivity index is 1.09. The number of nitrogens with zero attached hydrogens (tertiary/aromatic N) is 3. The number of nitrogens with one attached hydrogen (secondary N) is 1. The molecule has 0 bridgehead atoms. The van der Waals surface area contributed by atoms with Gasteiger partial charge < -0.3 is 14.6 Å². The monoisotopic (exact) mass is 450 g/mol. The Labute approximate surface area is 196 Å². The lowest BCUT2D eigenvalue weighted by Gasteiger charge is -2.25. The maximum Gasteiger partial charge on any atom is 0.191 e. The summed E-state index contributed by atoms with van der Waals surface area (Å²) in [5, 5.41) is 13.3. The lowest BCUT2D eigenvalue weighted by Crippen LogP contribution is -2.20. The highest BCUT2D eigenvalue weighted by Crippen LogP contribution is 2.30. The van der Waals surface area contributed by atoms with E-state index in [0.717, 1.165) is 53.5 Å². The number of hydrogen-bond acceptors (Lipinski definition) is 5. The average Bonchev–Trinajstić information content (AvgIpc) is 3.20. The van der Waals surface area contributed by atoms with Gasteiger partial charge in [0.25, 0.3) is 0 Å². The van der Waals surface area contributed by atoms with Crippen molar-refractivity contribution < 1.29 is 4.74 Å². The van der Waals surface area contributed by atoms with Crippen LogP contribution in [0.25, 0.3) is 11.4 Å². The molecule has 1 aromatic heterocycles. The minimum absolute atomic E-state index is 0.807. The van der Waals surface area contributed by atoms with Gasteiger partial charge in [-0.15, -0.1) is 10.2 Å². The summed E-state index contributed by atoms with van der Waals surface area (Å²) in [6.07, 6.45) is 7.42. The first-order valence-electron chi connectivity index (χ1n) is 11.7. The molecule has 170 valence electrons. The van der Waals surface area contributed by atoms with Crippen molar-refractivity contribution in [2.75, 3.05) is 26.0 Å². The summed E-state index contributed by atoms with van der Waals surface area (Å²) in [6, 6.07) is 16.8. The molecule has 1 aliphatic carbocycles. The van der Waals surface area contributed by atoms with Crippen LogP contribution < -0.4 is 10.1 Å². The second kappa shape index (κ2) is 11.5. The van der Waals surface area contributed by atoms with Crippen molar-refractivity contribution in [2.45, 2.75) is 43.7 Å². The van der Waals surface area contributed by atoms with Crippen LogP contribution in [0.1, 0.15) is 36.8 Å². The van der Waals surface area contributed by atoms with E-state index in [9.17, 15) is 0 Å². The zero-order valence-electron chi connectivity index (χ0n) is 19.2. The van der Waals surface area contributed by atoms with Gasteiger partial charge in [-0.1, -0.05) is 48.2 Å². The molecule has 0 aliphatic heterocycles. The maximum absolute atomic E-state index is 5.40. The van der Waals surface area contributed by atoms with Crippen molar-refractivity contribution in [2.24, 2.45) is 13.0 Å². The Morgan fingerprint density at radius 3 is 2.75 bits per heavy atom. The second-order valence-electron chi connectivity index (χ2n) is 8.57. The van der Waals surface area contributed by atoms with E-state index in [1.54, 1.807) is 18.9 Å². The molecular formula is C26H34N4OS. The van der Waals surface area contributed by atoms with Gasteiger partial charge in [0, 0.05) is 18.4 Å². The number of aromatic nitrogens is 3. The number of methoxy groups -OCH3 is 1. The van der Waals surface area contributed by atoms with Gasteiger partial charge in [-0.3, -0.25) is 0 Å². The average molecular weight is 451 g/mol. The fourth-order valence-corrected chi connectivity index (χ4v) is 5.31. The van der Waals surface area contributed by atoms with Crippen LogP contribution in [0.5, 0.6) is 5.75 Å². The third kappa shape index (κ3) is 5.93. The van der Waals surface area contributed by atoms with Crippen molar-refractivity contribution >= 4 is 11.8 Å². The molecule has 1 N–H and O–H groups in total. The minimum Gasteiger partial charge on any atom is -0.497 e. The highest BCUT2D eigenvalue weighted by atomic mass is 32.2. The number of fused-ring (bicyclic) bond motifs is 1. The van der Waals surface area contributed by atoms with Crippen LogP contribution >= 0.6 is 11.8 Å². The highest BCUT2D eigenvalue weighted by Gasteiger charge is 2.18. The molecule has 1 heterocycles. The molecule has 5 nitrogen and oxygen atoms in total. The summed E-state index contributed by atoms with van der Waals surface area (Å²) >= 11 is 1.78. The minimum atomic E-state index is 0.807. The van der Waals surface area contributed by atoms with E-state index in [4.69, 9.17) is 4.74 Å². The predicted octanol–water partition coefficient (Wildman–Crippen LogP) is 5.15. The lowest BCUT2D eigenvalue weighted by molar-refractivity contribution is 0.399. The largest absolute Gasteiger partial charge is 0.497 e. The summed E-state index contributed by atoms with van der Waals surface area (Å²) in [4.78, 5) is 0. The van der Waals surface area contributed by atoms with Crippen molar-refractivity contribution in [3.05, 3.63) is 59.7 Å². The van der Waals surface area contributed by atoms with Gasteiger partial charge in [0.05, 0.1) is 7.11 Å². The molecule has 2 aromatic carbocycles. The van der Waals surface area contributed by atoms with Crippen LogP contribution in [-0.4, -0.2) is 40.7 Å². The molecule has 6 heteroatoms. The summed E-state index contributed by atoms with van der Waals surface area (Å²) in [5.41, 5.74) is 4.11. The number of rotatable bonds is 11. The quantitative estimate of drug-likeness (QED) is 0.323. The third-order valence-corrected chi connectivity index (χ3v) is 7.41. The first-order valence-corrected chi connectivity index (χ1v) is 12.7. The normalized spacial score (nSPS) is 15.5. The third-order valence-electron chi connectivity index (χ3n) is 6.31. The van der Waals surface area contributed by atoms with Crippen molar-refractivity contribution in [1.82, 2.24) is 20.1 Å². The molecule has 4 rings (SSSR count). The van der Waals surface area contributed by atoms with Crippen LogP contribution in [0, 0.1) is 5.92 Å². The van der Waals surface area contributed by atoms with Gasteiger partial charge >= 0.3 is 0 Å². The Bertz CT molecular complexity index is 989. The topological polar surface area (TPSA) is 52.0 Å². The molecule has 0 saturated heterocycles. The molecule has 0 saturated carbocycles. The fraction of sp³-hybridized carbons (Fsp3) is 0.462. The molecule has 1 atom stereocenters. The number of thioether (sulfide) groups is 1. The number of ether oxygens (including phenoxy) is 1. The van der Waals surface area contributed by atoms with Crippen LogP contribution in [0.3, 0.4) is 0 Å². The van der Waals surface area contributed by atoms with Crippen molar-refractivity contribution in [1.29, 1.82) is 0 Å². The van der Waals surface area contributed by atoms with Gasteiger partial charge in [0.15, 0.2) is 11.0 Å². The molecule has 1 aliphatic rings. The second-order valence-corrected chi connectivity index (χ2v) is 9.63. The van der Waals surface area contributed by atoms with Crippen molar-refractivity contribution in [3.63, 3.8) is 0 Å². The van der Waals surface area contributed by atoms with Crippen LogP contribution in [-0.2, 0) is 19.9 Å². The lowest BCUT2D eigenvalue weighted by atomic mass is 9.81. The highest BCUT2D eigenvalue weighted by molar-refractivity contribution is 7.99. The number of hydrogen-bond donors (Lipinski definition) is 1. The van der Waals surface area contributed by atoms with E-state index in [1.807, 2.05) is 25.2 Å². The molecule has 0 spiro atoms. The van der Waals surface area contributed by atoms with E-state index in [2.05, 4.69) is 50.4 Å². The molecule has 0 amide bonds. The van der Waals surface area contributed by atoms with Gasteiger partial charge in [-0.2, -0.15) is 0 Å². The van der Waals surface area contributed by atoms with E-state index in [1.165, 1.54) is 43.2 Å². The van der Waals surface area contributed by atoms with Gasteiger partial charge in [-0.05, 0) is 80.8 Å². The van der Waals surface area contributed by atoms with Gasteiger partial charge in [0.1, 0.15) is 5.75 Å². The molecule has 32 heavy (non-hydrogen) atoms. The van der Waals surface area contributed by atoms with Crippen molar-refractivity contribution in [3.8, 4) is 17.1 Å². The molecule has 0 radical (unpaired) electrons. The van der Waals surface area contributed by atoms with E-state index >= 15 is 0 Å². The molecule has 1 unspecified atom stereocenters. The van der Waals surface area contributed by atoms with Crippen LogP contribution in [0.4, 0.5) is 0 Å². The molecular weight excluding hydrogens is 416 g/mol. The maximum atomic E-state index is 5.40. The number of benzene rings is 2. The summed E-state index contributed by atoms with van der Waals surface area (Å²) < 4.78 is 7.49. The van der Waals surface area contributed by atoms with E-state index in [-0.39, 0.29) is 0 Å². The SMILES string of the molecule is COc1ccc2c(c1)CC(CCCNCCCSc1nnc(-c3ccccc3)n1C)CC2. The summed E-state index contributed by atoms with van der Waals surface area (Å²) in [7, 11) is 3.80. The molecule has 3 aromatic rings. The van der Waals surface area contributed by atoms with E-state index < -0.39 is 0 Å². The van der Waals surface area contributed by atoms with Gasteiger partial charge in [-0.25, -0.2) is 0 Å².